The summed E-state index contributed by atoms with van der Waals surface area (Å²) in [5.74, 6) is 1.17. The molecule has 5 heteroatoms. The molecule has 0 aromatic heterocycles. The van der Waals surface area contributed by atoms with E-state index in [0.717, 1.165) is 5.56 Å². The summed E-state index contributed by atoms with van der Waals surface area (Å²) in [6.07, 6.45) is 3.14. The van der Waals surface area contributed by atoms with E-state index in [1.165, 1.54) is 6.08 Å². The molecule has 1 amide bonds. The van der Waals surface area contributed by atoms with Crippen molar-refractivity contribution in [2.24, 2.45) is 0 Å². The van der Waals surface area contributed by atoms with E-state index in [9.17, 15) is 4.79 Å². The second kappa shape index (κ2) is 6.66. The van der Waals surface area contributed by atoms with E-state index in [4.69, 9.17) is 9.47 Å². The fourth-order valence-corrected chi connectivity index (χ4v) is 1.38. The van der Waals surface area contributed by atoms with E-state index >= 15 is 0 Å². The average molecular weight is 250 g/mol. The Bertz CT molecular complexity index is 442. The first kappa shape index (κ1) is 14.1. The molecule has 1 aromatic carbocycles. The highest BCUT2D eigenvalue weighted by Crippen LogP contribution is 2.25. The van der Waals surface area contributed by atoms with Gasteiger partial charge in [0.15, 0.2) is 0 Å². The van der Waals surface area contributed by atoms with Crippen LogP contribution in [0.1, 0.15) is 5.56 Å². The van der Waals surface area contributed by atoms with Gasteiger partial charge in [-0.1, -0.05) is 0 Å². The number of carbonyl (C=O) groups is 1. The van der Waals surface area contributed by atoms with Gasteiger partial charge in [-0.05, 0) is 18.2 Å². The zero-order valence-electron chi connectivity index (χ0n) is 11.1. The highest BCUT2D eigenvalue weighted by molar-refractivity contribution is 5.91. The fourth-order valence-electron chi connectivity index (χ4n) is 1.38. The molecule has 0 unspecified atom stereocenters. The summed E-state index contributed by atoms with van der Waals surface area (Å²) in [4.78, 5) is 11.4. The second-order valence-corrected chi connectivity index (χ2v) is 3.81. The summed E-state index contributed by atoms with van der Waals surface area (Å²) in [7, 11) is 6.67. The maximum Gasteiger partial charge on any atom is 0.258 e. The predicted octanol–water partition coefficient (Wildman–Crippen LogP) is 1.31. The van der Waals surface area contributed by atoms with Crippen LogP contribution in [0.5, 0.6) is 11.5 Å². The minimum Gasteiger partial charge on any atom is -0.497 e. The first-order valence-corrected chi connectivity index (χ1v) is 5.45. The van der Waals surface area contributed by atoms with Crippen LogP contribution in [0, 0.1) is 0 Å². The van der Waals surface area contributed by atoms with Gasteiger partial charge in [-0.15, -0.1) is 0 Å². The summed E-state index contributed by atoms with van der Waals surface area (Å²) in [5, 5.41) is 1.58. The molecule has 0 aliphatic heterocycles. The average Bonchev–Trinajstić information content (AvgIpc) is 2.35. The summed E-state index contributed by atoms with van der Waals surface area (Å²) in [5.41, 5.74) is 3.43. The molecule has 5 nitrogen and oxygen atoms in total. The van der Waals surface area contributed by atoms with Crippen LogP contribution in [-0.2, 0) is 4.79 Å². The molecule has 0 fully saturated rings. The molecule has 0 spiro atoms. The van der Waals surface area contributed by atoms with E-state index in [1.807, 2.05) is 12.1 Å². The smallest absolute Gasteiger partial charge is 0.258 e. The van der Waals surface area contributed by atoms with Crippen molar-refractivity contribution < 1.29 is 14.3 Å². The molecular formula is C13H18N2O3. The van der Waals surface area contributed by atoms with Gasteiger partial charge in [0.1, 0.15) is 11.5 Å². The molecule has 1 rings (SSSR count). The number of amides is 1. The topological polar surface area (TPSA) is 50.8 Å². The van der Waals surface area contributed by atoms with E-state index in [0.29, 0.717) is 11.5 Å². The largest absolute Gasteiger partial charge is 0.497 e. The first-order valence-electron chi connectivity index (χ1n) is 5.45. The number of carbonyl (C=O) groups excluding carboxylic acids is 1. The number of benzene rings is 1. The van der Waals surface area contributed by atoms with Crippen LogP contribution in [0.2, 0.25) is 0 Å². The monoisotopic (exact) mass is 250 g/mol. The van der Waals surface area contributed by atoms with Gasteiger partial charge in [-0.2, -0.15) is 0 Å². The Morgan fingerprint density at radius 1 is 1.28 bits per heavy atom. The third kappa shape index (κ3) is 4.10. The Balaban J connectivity index is 2.83. The Labute approximate surface area is 107 Å². The second-order valence-electron chi connectivity index (χ2n) is 3.81. The molecule has 0 aliphatic carbocycles. The van der Waals surface area contributed by atoms with Gasteiger partial charge in [0, 0.05) is 31.8 Å². The lowest BCUT2D eigenvalue weighted by molar-refractivity contribution is -0.119. The van der Waals surface area contributed by atoms with Crippen LogP contribution in [-0.4, -0.2) is 39.2 Å². The number of nitrogens with one attached hydrogen (secondary N) is 1. The number of hydrogen-bond donors (Lipinski definition) is 1. The quantitative estimate of drug-likeness (QED) is 0.632. The van der Waals surface area contributed by atoms with Crippen molar-refractivity contribution >= 4 is 12.0 Å². The van der Waals surface area contributed by atoms with Crippen LogP contribution >= 0.6 is 0 Å². The normalized spacial score (nSPS) is 10.7. The maximum atomic E-state index is 11.4. The van der Waals surface area contributed by atoms with E-state index < -0.39 is 0 Å². The van der Waals surface area contributed by atoms with Gasteiger partial charge >= 0.3 is 0 Å². The molecule has 0 heterocycles. The number of rotatable bonds is 5. The van der Waals surface area contributed by atoms with E-state index in [1.54, 1.807) is 45.5 Å². The lowest BCUT2D eigenvalue weighted by Crippen LogP contribution is -2.34. The molecule has 0 bridgehead atoms. The van der Waals surface area contributed by atoms with Gasteiger partial charge in [-0.25, -0.2) is 5.01 Å². The van der Waals surface area contributed by atoms with Crippen molar-refractivity contribution in [1.29, 1.82) is 0 Å². The predicted molar refractivity (Wildman–Crippen MR) is 70.4 cm³/mol. The van der Waals surface area contributed by atoms with Gasteiger partial charge in [0.05, 0.1) is 14.2 Å². The lowest BCUT2D eigenvalue weighted by atomic mass is 10.1. The number of nitrogens with zero attached hydrogens (tertiary/aromatic N) is 1. The molecule has 0 radical (unpaired) electrons. The Kier molecular flexibility index (Phi) is 5.20. The minimum absolute atomic E-state index is 0.196. The third-order valence-electron chi connectivity index (χ3n) is 2.19. The van der Waals surface area contributed by atoms with Crippen molar-refractivity contribution in [1.82, 2.24) is 10.4 Å². The van der Waals surface area contributed by atoms with Crippen molar-refractivity contribution in [2.75, 3.05) is 28.3 Å². The number of ether oxygens (including phenoxy) is 2. The molecule has 0 saturated heterocycles. The standard InChI is InChI=1S/C13H18N2O3/c1-15(2)14-13(16)8-6-10-5-7-11(17-3)9-12(10)18-4/h5-9H,1-4H3,(H,14,16)/b8-6+. The Morgan fingerprint density at radius 2 is 2.00 bits per heavy atom. The number of hydrazine groups is 1. The highest BCUT2D eigenvalue weighted by atomic mass is 16.5. The molecular weight excluding hydrogens is 232 g/mol. The Hall–Kier alpha value is -2.01. The summed E-state index contributed by atoms with van der Waals surface area (Å²) in [6.45, 7) is 0. The molecule has 1 N–H and O–H groups in total. The Morgan fingerprint density at radius 3 is 2.56 bits per heavy atom. The molecule has 0 saturated carbocycles. The van der Waals surface area contributed by atoms with Crippen molar-refractivity contribution in [2.45, 2.75) is 0 Å². The van der Waals surface area contributed by atoms with Crippen molar-refractivity contribution in [3.63, 3.8) is 0 Å². The summed E-state index contributed by atoms with van der Waals surface area (Å²) < 4.78 is 10.3. The SMILES string of the molecule is COc1ccc(/C=C/C(=O)NN(C)C)c(OC)c1. The fraction of sp³-hybridized carbons (Fsp3) is 0.308. The van der Waals surface area contributed by atoms with Crippen LogP contribution in [0.25, 0.3) is 6.08 Å². The van der Waals surface area contributed by atoms with Gasteiger partial charge in [0.25, 0.3) is 5.91 Å². The highest BCUT2D eigenvalue weighted by Gasteiger charge is 2.03. The van der Waals surface area contributed by atoms with E-state index in [-0.39, 0.29) is 5.91 Å². The number of hydrogen-bond acceptors (Lipinski definition) is 4. The third-order valence-corrected chi connectivity index (χ3v) is 2.19. The number of methoxy groups -OCH3 is 2. The van der Waals surface area contributed by atoms with Gasteiger partial charge in [-0.3, -0.25) is 10.2 Å². The summed E-state index contributed by atoms with van der Waals surface area (Å²) >= 11 is 0. The van der Waals surface area contributed by atoms with Crippen molar-refractivity contribution in [3.05, 3.63) is 29.8 Å². The van der Waals surface area contributed by atoms with Crippen molar-refractivity contribution in [3.8, 4) is 11.5 Å². The molecule has 98 valence electrons. The first-order chi connectivity index (χ1) is 8.56. The molecule has 1 aromatic rings. The van der Waals surface area contributed by atoms with Crippen LogP contribution in [0.4, 0.5) is 0 Å². The molecule has 18 heavy (non-hydrogen) atoms. The zero-order chi connectivity index (χ0) is 13.5. The van der Waals surface area contributed by atoms with Gasteiger partial charge < -0.3 is 9.47 Å². The van der Waals surface area contributed by atoms with Crippen LogP contribution < -0.4 is 14.9 Å². The molecule has 0 atom stereocenters. The minimum atomic E-state index is -0.196. The zero-order valence-corrected chi connectivity index (χ0v) is 11.1. The van der Waals surface area contributed by atoms with Crippen LogP contribution in [0.3, 0.4) is 0 Å². The van der Waals surface area contributed by atoms with Gasteiger partial charge in [0.2, 0.25) is 0 Å². The maximum absolute atomic E-state index is 11.4. The molecule has 0 aliphatic rings. The lowest BCUT2D eigenvalue weighted by Gasteiger charge is -2.09. The van der Waals surface area contributed by atoms with Crippen LogP contribution in [0.15, 0.2) is 24.3 Å². The van der Waals surface area contributed by atoms with E-state index in [2.05, 4.69) is 5.43 Å². The summed E-state index contributed by atoms with van der Waals surface area (Å²) in [6, 6.07) is 5.41.